The molecule has 3 aromatic heterocycles. The Morgan fingerprint density at radius 2 is 1.80 bits per heavy atom. The number of imidazole rings is 1. The summed E-state index contributed by atoms with van der Waals surface area (Å²) in [6, 6.07) is 10.4. The molecule has 1 fully saturated rings. The highest BCUT2D eigenvalue weighted by atomic mass is 16.1. The number of unbranched alkanes of at least 4 members (excludes halogenated alkanes) is 1. The van der Waals surface area contributed by atoms with E-state index in [0.717, 1.165) is 66.5 Å². The maximum absolute atomic E-state index is 14.3. The Hall–Kier alpha value is -3.55. The maximum Gasteiger partial charge on any atom is 0.328 e. The maximum atomic E-state index is 14.3. The number of hydrogen-bond acceptors (Lipinski definition) is 5. The molecule has 0 aliphatic heterocycles. The minimum atomic E-state index is 0.116. The van der Waals surface area contributed by atoms with Gasteiger partial charge in [-0.2, -0.15) is 0 Å². The monoisotopic (exact) mass is 541 g/mol. The molecule has 1 N–H and O–H groups in total. The van der Waals surface area contributed by atoms with Crippen molar-refractivity contribution in [1.82, 2.24) is 34.7 Å². The number of H-pyrrole nitrogens is 1. The van der Waals surface area contributed by atoms with Crippen molar-refractivity contribution in [3.63, 3.8) is 0 Å². The highest BCUT2D eigenvalue weighted by molar-refractivity contribution is 5.81. The van der Waals surface area contributed by atoms with E-state index in [2.05, 4.69) is 63.2 Å². The standard InChI is InChI=1S/C32H43N7O/c1-4-7-14-25-23-39(29-17-10-8-9-13-19-32(29,5-2)6-3)31(40)38(25)22-24-21-33-20-18-26(24)27-15-11-12-16-28(27)30-34-36-37-35-30/h11-12,15-16,18,20-21,23,29H,4-10,13-14,17,19,22H2,1-3H3,(H,34,35,36,37). The summed E-state index contributed by atoms with van der Waals surface area (Å²) in [4.78, 5) is 18.8. The van der Waals surface area contributed by atoms with Crippen molar-refractivity contribution in [2.24, 2.45) is 5.41 Å². The van der Waals surface area contributed by atoms with Crippen LogP contribution < -0.4 is 5.69 Å². The van der Waals surface area contributed by atoms with E-state index >= 15 is 0 Å². The summed E-state index contributed by atoms with van der Waals surface area (Å²) in [7, 11) is 0. The molecule has 8 heteroatoms. The first-order valence-corrected chi connectivity index (χ1v) is 15.2. The number of benzene rings is 1. The van der Waals surface area contributed by atoms with Gasteiger partial charge >= 0.3 is 5.69 Å². The van der Waals surface area contributed by atoms with Gasteiger partial charge in [0, 0.05) is 35.9 Å². The summed E-state index contributed by atoms with van der Waals surface area (Å²) in [5.74, 6) is 0.616. The summed E-state index contributed by atoms with van der Waals surface area (Å²) >= 11 is 0. The van der Waals surface area contributed by atoms with E-state index in [1.54, 1.807) is 0 Å². The van der Waals surface area contributed by atoms with Crippen LogP contribution in [0.15, 0.2) is 53.7 Å². The number of nitrogens with zero attached hydrogens (tertiary/aromatic N) is 6. The van der Waals surface area contributed by atoms with Crippen molar-refractivity contribution in [1.29, 1.82) is 0 Å². The van der Waals surface area contributed by atoms with Crippen LogP contribution in [0.1, 0.15) is 102 Å². The molecule has 0 spiro atoms. The van der Waals surface area contributed by atoms with Crippen LogP contribution in [0.25, 0.3) is 22.5 Å². The van der Waals surface area contributed by atoms with Crippen LogP contribution in [0.2, 0.25) is 0 Å². The number of tetrazole rings is 1. The molecule has 40 heavy (non-hydrogen) atoms. The van der Waals surface area contributed by atoms with Gasteiger partial charge in [0.05, 0.1) is 6.54 Å². The third-order valence-corrected chi connectivity index (χ3v) is 9.28. The van der Waals surface area contributed by atoms with Gasteiger partial charge in [0.2, 0.25) is 0 Å². The van der Waals surface area contributed by atoms with Gasteiger partial charge < -0.3 is 0 Å². The molecule has 0 saturated heterocycles. The Morgan fingerprint density at radius 3 is 2.55 bits per heavy atom. The van der Waals surface area contributed by atoms with E-state index in [1.165, 1.54) is 32.1 Å². The first-order valence-electron chi connectivity index (χ1n) is 15.2. The molecule has 8 nitrogen and oxygen atoms in total. The molecule has 0 bridgehead atoms. The molecular weight excluding hydrogens is 498 g/mol. The van der Waals surface area contributed by atoms with E-state index in [9.17, 15) is 4.79 Å². The van der Waals surface area contributed by atoms with Gasteiger partial charge in [0.1, 0.15) is 0 Å². The molecule has 0 amide bonds. The Morgan fingerprint density at radius 1 is 1.00 bits per heavy atom. The number of hydrogen-bond donors (Lipinski definition) is 1. The first kappa shape index (κ1) is 28.0. The highest BCUT2D eigenvalue weighted by Gasteiger charge is 2.38. The van der Waals surface area contributed by atoms with Crippen LogP contribution in [-0.2, 0) is 13.0 Å². The van der Waals surface area contributed by atoms with Gasteiger partial charge in [0.15, 0.2) is 5.82 Å². The SMILES string of the molecule is CCCCc1cn(C2CCCCCCC2(CC)CC)c(=O)n1Cc1cnccc1-c1ccccc1-c1nnn[nH]1. The Bertz CT molecular complexity index is 1430. The Kier molecular flexibility index (Phi) is 8.92. The average Bonchev–Trinajstić information content (AvgIpc) is 3.62. The zero-order valence-electron chi connectivity index (χ0n) is 24.3. The molecule has 5 rings (SSSR count). The van der Waals surface area contributed by atoms with Crippen molar-refractivity contribution in [2.45, 2.75) is 104 Å². The van der Waals surface area contributed by atoms with Crippen LogP contribution in [0.3, 0.4) is 0 Å². The molecule has 0 radical (unpaired) electrons. The lowest BCUT2D eigenvalue weighted by molar-refractivity contribution is 0.106. The van der Waals surface area contributed by atoms with Crippen molar-refractivity contribution in [3.05, 3.63) is 70.7 Å². The number of aryl methyl sites for hydroxylation is 1. The Balaban J connectivity index is 1.59. The molecule has 212 valence electrons. The fourth-order valence-electron chi connectivity index (χ4n) is 6.83. The van der Waals surface area contributed by atoms with Crippen molar-refractivity contribution in [3.8, 4) is 22.5 Å². The molecule has 1 aromatic carbocycles. The smallest absolute Gasteiger partial charge is 0.295 e. The predicted octanol–water partition coefficient (Wildman–Crippen LogP) is 6.98. The lowest BCUT2D eigenvalue weighted by Crippen LogP contribution is -2.38. The van der Waals surface area contributed by atoms with Crippen LogP contribution in [0.5, 0.6) is 0 Å². The largest absolute Gasteiger partial charge is 0.328 e. The molecule has 1 aliphatic carbocycles. The molecule has 4 aromatic rings. The summed E-state index contributed by atoms with van der Waals surface area (Å²) in [5.41, 5.74) is 5.38. The van der Waals surface area contributed by atoms with Gasteiger partial charge in [0.25, 0.3) is 0 Å². The minimum absolute atomic E-state index is 0.116. The molecular formula is C32H43N7O. The van der Waals surface area contributed by atoms with Gasteiger partial charge in [-0.25, -0.2) is 9.89 Å². The minimum Gasteiger partial charge on any atom is -0.295 e. The van der Waals surface area contributed by atoms with E-state index < -0.39 is 0 Å². The van der Waals surface area contributed by atoms with Gasteiger partial charge in [-0.15, -0.1) is 5.10 Å². The van der Waals surface area contributed by atoms with E-state index in [-0.39, 0.29) is 17.1 Å². The van der Waals surface area contributed by atoms with Crippen LogP contribution >= 0.6 is 0 Å². The molecule has 1 aliphatic rings. The summed E-state index contributed by atoms with van der Waals surface area (Å²) in [6.45, 7) is 7.33. The highest BCUT2D eigenvalue weighted by Crippen LogP contribution is 2.47. The van der Waals surface area contributed by atoms with Crippen LogP contribution in [-0.4, -0.2) is 34.7 Å². The lowest BCUT2D eigenvalue weighted by Gasteiger charge is -2.41. The normalized spacial score (nSPS) is 17.4. The predicted molar refractivity (Wildman–Crippen MR) is 159 cm³/mol. The van der Waals surface area contributed by atoms with Gasteiger partial charge in [-0.1, -0.05) is 77.1 Å². The van der Waals surface area contributed by atoms with E-state index in [0.29, 0.717) is 12.4 Å². The quantitative estimate of drug-likeness (QED) is 0.234. The van der Waals surface area contributed by atoms with Crippen molar-refractivity contribution < 1.29 is 0 Å². The summed E-state index contributed by atoms with van der Waals surface area (Å²) < 4.78 is 4.15. The summed E-state index contributed by atoms with van der Waals surface area (Å²) in [5, 5.41) is 14.6. The van der Waals surface area contributed by atoms with Crippen molar-refractivity contribution >= 4 is 0 Å². The molecule has 1 atom stereocenters. The lowest BCUT2D eigenvalue weighted by atomic mass is 9.69. The second-order valence-electron chi connectivity index (χ2n) is 11.4. The molecule has 3 heterocycles. The third-order valence-electron chi connectivity index (χ3n) is 9.28. The molecule has 1 saturated carbocycles. The zero-order chi connectivity index (χ0) is 28.0. The number of aromatic amines is 1. The Labute approximate surface area is 237 Å². The van der Waals surface area contributed by atoms with E-state index in [4.69, 9.17) is 0 Å². The second kappa shape index (κ2) is 12.7. The van der Waals surface area contributed by atoms with Gasteiger partial charge in [-0.3, -0.25) is 14.1 Å². The van der Waals surface area contributed by atoms with Crippen LogP contribution in [0, 0.1) is 5.41 Å². The first-order chi connectivity index (χ1) is 19.6. The van der Waals surface area contributed by atoms with Gasteiger partial charge in [-0.05, 0) is 77.1 Å². The topological polar surface area (TPSA) is 94.3 Å². The third kappa shape index (κ3) is 5.54. The summed E-state index contributed by atoms with van der Waals surface area (Å²) in [6.07, 6.45) is 18.5. The fourth-order valence-corrected chi connectivity index (χ4v) is 6.83. The number of aromatic nitrogens is 7. The van der Waals surface area contributed by atoms with Crippen molar-refractivity contribution in [2.75, 3.05) is 0 Å². The molecule has 1 unspecified atom stereocenters. The number of pyridine rings is 1. The number of rotatable bonds is 10. The fraction of sp³-hybridized carbons (Fsp3) is 0.531. The second-order valence-corrected chi connectivity index (χ2v) is 11.4. The average molecular weight is 542 g/mol. The van der Waals surface area contributed by atoms with E-state index in [1.807, 2.05) is 41.2 Å². The number of nitrogens with one attached hydrogen (secondary N) is 1. The zero-order valence-corrected chi connectivity index (χ0v) is 24.3. The van der Waals surface area contributed by atoms with Crippen LogP contribution in [0.4, 0.5) is 0 Å².